The molecule has 0 saturated carbocycles. The number of aryl methyl sites for hydroxylation is 1. The molecule has 2 aromatic carbocycles. The number of nitrogens with zero attached hydrogens (tertiary/aromatic N) is 2. The molecule has 1 N–H and O–H groups in total. The lowest BCUT2D eigenvalue weighted by Crippen LogP contribution is -2.26. The Labute approximate surface area is 149 Å². The predicted octanol–water partition coefficient (Wildman–Crippen LogP) is 2.90. The van der Waals surface area contributed by atoms with Gasteiger partial charge in [0.1, 0.15) is 26.2 Å². The van der Waals surface area contributed by atoms with Gasteiger partial charge in [0.25, 0.3) is 0 Å². The smallest absolute Gasteiger partial charge is 0.439 e. The van der Waals surface area contributed by atoms with Crippen LogP contribution in [0, 0.1) is 24.1 Å². The number of hydrogen-bond acceptors (Lipinski definition) is 5. The predicted molar refractivity (Wildman–Crippen MR) is 88.1 cm³/mol. The second-order valence-electron chi connectivity index (χ2n) is 4.99. The Bertz CT molecular complexity index is 996. The lowest BCUT2D eigenvalue weighted by atomic mass is 10.1. The van der Waals surface area contributed by atoms with Gasteiger partial charge in [-0.1, -0.05) is 29.3 Å². The van der Waals surface area contributed by atoms with Crippen molar-refractivity contribution in [2.24, 2.45) is 0 Å². The maximum absolute atomic E-state index is 14.2. The monoisotopic (exact) mass is 383 g/mol. The van der Waals surface area contributed by atoms with E-state index in [1.54, 1.807) is 6.92 Å². The second kappa shape index (κ2) is 7.09. The van der Waals surface area contributed by atoms with E-state index in [0.29, 0.717) is 0 Å². The number of methoxy groups -OCH3 is 1. The zero-order valence-electron chi connectivity index (χ0n) is 13.2. The maximum atomic E-state index is 14.2. The van der Waals surface area contributed by atoms with E-state index in [-0.39, 0.29) is 19.8 Å². The maximum Gasteiger partial charge on any atom is 0.439 e. The summed E-state index contributed by atoms with van der Waals surface area (Å²) in [6, 6.07) is 8.97. The number of benzene rings is 2. The van der Waals surface area contributed by atoms with Gasteiger partial charge in [-0.25, -0.2) is 4.39 Å². The van der Waals surface area contributed by atoms with E-state index in [1.807, 2.05) is 0 Å². The summed E-state index contributed by atoms with van der Waals surface area (Å²) < 4.78 is 43.8. The molecule has 2 rings (SSSR count). The lowest BCUT2D eigenvalue weighted by Gasteiger charge is -2.05. The molecule has 2 aromatic rings. The third kappa shape index (κ3) is 3.57. The van der Waals surface area contributed by atoms with Crippen molar-refractivity contribution in [1.82, 2.24) is 0 Å². The van der Waals surface area contributed by atoms with E-state index >= 15 is 0 Å². The molecule has 0 saturated heterocycles. The van der Waals surface area contributed by atoms with Gasteiger partial charge in [0.05, 0.1) is 12.1 Å². The average molecular weight is 384 g/mol. The van der Waals surface area contributed by atoms with Crippen molar-refractivity contribution in [3.05, 3.63) is 58.4 Å². The lowest BCUT2D eigenvalue weighted by molar-refractivity contribution is -0.655. The highest BCUT2D eigenvalue weighted by atomic mass is 35.5. The Kier molecular flexibility index (Phi) is 5.30. The molecule has 0 amide bonds. The minimum absolute atomic E-state index is 0.0203. The van der Waals surface area contributed by atoms with Gasteiger partial charge in [0.15, 0.2) is 6.07 Å². The number of rotatable bonds is 4. The first-order valence-corrected chi connectivity index (χ1v) is 8.65. The summed E-state index contributed by atoms with van der Waals surface area (Å²) in [4.78, 5) is -0.255. The number of nitriles is 1. The fourth-order valence-electron chi connectivity index (χ4n) is 2.00. The van der Waals surface area contributed by atoms with E-state index in [2.05, 4.69) is 0 Å². The van der Waals surface area contributed by atoms with Crippen LogP contribution in [-0.4, -0.2) is 30.6 Å². The minimum atomic E-state index is -4.47. The highest BCUT2D eigenvalue weighted by molar-refractivity contribution is 7.85. The minimum Gasteiger partial charge on any atom is -0.495 e. The summed E-state index contributed by atoms with van der Waals surface area (Å²) in [6.07, 6.45) is 0. The Morgan fingerprint density at radius 1 is 1.32 bits per heavy atom. The van der Waals surface area contributed by atoms with Crippen LogP contribution < -0.4 is 4.74 Å². The van der Waals surface area contributed by atoms with Gasteiger partial charge in [-0.3, -0.25) is 5.21 Å². The molecule has 6 nitrogen and oxygen atoms in total. The zero-order chi connectivity index (χ0) is 18.8. The molecule has 130 valence electrons. The van der Waals surface area contributed by atoms with Crippen LogP contribution in [0.4, 0.5) is 4.39 Å². The van der Waals surface area contributed by atoms with Crippen LogP contribution >= 0.6 is 11.6 Å². The van der Waals surface area contributed by atoms with Crippen molar-refractivity contribution >= 4 is 27.3 Å². The summed E-state index contributed by atoms with van der Waals surface area (Å²) in [5.74, 6) is -0.965. The largest absolute Gasteiger partial charge is 0.495 e. The fraction of sp³-hybridized carbons (Fsp3) is 0.125. The molecule has 0 aromatic heterocycles. The molecule has 0 unspecified atom stereocenters. The van der Waals surface area contributed by atoms with Crippen molar-refractivity contribution in [2.45, 2.75) is 11.8 Å². The Morgan fingerprint density at radius 2 is 1.92 bits per heavy atom. The second-order valence-corrected chi connectivity index (χ2v) is 7.16. The van der Waals surface area contributed by atoms with Crippen LogP contribution in [0.5, 0.6) is 5.75 Å². The van der Waals surface area contributed by atoms with E-state index in [4.69, 9.17) is 16.3 Å². The molecule has 0 fully saturated rings. The molecule has 0 heterocycles. The van der Waals surface area contributed by atoms with Gasteiger partial charge < -0.3 is 4.74 Å². The van der Waals surface area contributed by atoms with E-state index in [9.17, 15) is 23.3 Å². The molecule has 0 radical (unpaired) electrons. The van der Waals surface area contributed by atoms with Gasteiger partial charge in [-0.2, -0.15) is 13.7 Å². The quantitative estimate of drug-likeness (QED) is 0.379. The number of halogens is 2. The zero-order valence-corrected chi connectivity index (χ0v) is 14.8. The SMILES string of the molecule is COc1cc(C(C#N)=[N+](O)S(=O)(=O)c2ccc(C)cc2)c(F)cc1Cl. The third-order valence-electron chi connectivity index (χ3n) is 3.34. The van der Waals surface area contributed by atoms with E-state index in [1.165, 1.54) is 37.4 Å². The Balaban J connectivity index is 2.70. The molecule has 0 aliphatic carbocycles. The molecule has 9 heteroatoms. The van der Waals surface area contributed by atoms with Gasteiger partial charge in [0.2, 0.25) is 0 Å². The number of hydrogen-bond donors (Lipinski definition) is 1. The van der Waals surface area contributed by atoms with Crippen LogP contribution in [0.25, 0.3) is 0 Å². The van der Waals surface area contributed by atoms with Gasteiger partial charge in [0, 0.05) is 0 Å². The standard InChI is InChI=1S/C16H13ClFN2O4S/c1-10-3-5-11(6-4-10)25(22,23)20(21)15(9-19)12-7-16(24-2)13(17)8-14(12)18/h3-8,21H,1-2H3/q+1. The summed E-state index contributed by atoms with van der Waals surface area (Å²) in [5.41, 5.74) is -0.489. The van der Waals surface area contributed by atoms with Crippen molar-refractivity contribution in [3.63, 3.8) is 0 Å². The van der Waals surface area contributed by atoms with E-state index < -0.39 is 27.1 Å². The van der Waals surface area contributed by atoms with Crippen molar-refractivity contribution in [2.75, 3.05) is 7.11 Å². The normalized spacial score (nSPS) is 12.3. The summed E-state index contributed by atoms with van der Waals surface area (Å²) >= 11 is 5.78. The van der Waals surface area contributed by atoms with Gasteiger partial charge in [-0.15, -0.1) is 0 Å². The molecular formula is C16H13ClFN2O4S+. The first-order chi connectivity index (χ1) is 11.7. The topological polar surface area (TPSA) is 90.4 Å². The van der Waals surface area contributed by atoms with Crippen LogP contribution in [-0.2, 0) is 10.0 Å². The molecule has 0 bridgehead atoms. The highest BCUT2D eigenvalue weighted by Gasteiger charge is 2.35. The highest BCUT2D eigenvalue weighted by Crippen LogP contribution is 2.28. The van der Waals surface area contributed by atoms with Crippen LogP contribution in [0.3, 0.4) is 0 Å². The Hall–Kier alpha value is -2.63. The third-order valence-corrected chi connectivity index (χ3v) is 5.14. The average Bonchev–Trinajstić information content (AvgIpc) is 2.57. The molecular weight excluding hydrogens is 371 g/mol. The molecule has 25 heavy (non-hydrogen) atoms. The number of ether oxygens (including phenoxy) is 1. The summed E-state index contributed by atoms with van der Waals surface area (Å²) in [7, 11) is -3.20. The first kappa shape index (κ1) is 18.7. The molecule has 0 spiro atoms. The first-order valence-electron chi connectivity index (χ1n) is 6.83. The molecule has 0 aliphatic rings. The van der Waals surface area contributed by atoms with Crippen molar-refractivity contribution in [3.8, 4) is 11.8 Å². The number of sulfonamides is 1. The van der Waals surface area contributed by atoms with Gasteiger partial charge in [-0.05, 0) is 31.2 Å². The molecule has 0 aliphatic heterocycles. The summed E-state index contributed by atoms with van der Waals surface area (Å²) in [5, 5.41) is 19.3. The van der Waals surface area contributed by atoms with Crippen molar-refractivity contribution in [1.29, 1.82) is 5.26 Å². The fourth-order valence-corrected chi connectivity index (χ4v) is 3.29. The van der Waals surface area contributed by atoms with Crippen LogP contribution in [0.2, 0.25) is 5.02 Å². The van der Waals surface area contributed by atoms with Gasteiger partial charge >= 0.3 is 15.7 Å². The van der Waals surface area contributed by atoms with E-state index in [0.717, 1.165) is 17.7 Å². The van der Waals surface area contributed by atoms with Crippen LogP contribution in [0.1, 0.15) is 11.1 Å². The summed E-state index contributed by atoms with van der Waals surface area (Å²) in [6.45, 7) is 1.76. The Morgan fingerprint density at radius 3 is 2.44 bits per heavy atom. The molecule has 0 atom stereocenters. The van der Waals surface area contributed by atoms with Crippen molar-refractivity contribution < 1.29 is 26.9 Å². The van der Waals surface area contributed by atoms with Crippen LogP contribution in [0.15, 0.2) is 41.3 Å².